The van der Waals surface area contributed by atoms with Crippen molar-refractivity contribution < 1.29 is 4.21 Å². The highest BCUT2D eigenvalue weighted by molar-refractivity contribution is 7.84. The van der Waals surface area contributed by atoms with E-state index in [1.807, 2.05) is 24.1 Å². The maximum absolute atomic E-state index is 11.1. The molecule has 0 saturated carbocycles. The zero-order valence-electron chi connectivity index (χ0n) is 10.4. The smallest absolute Gasteiger partial charge is 0.0537 e. The Morgan fingerprint density at radius 3 is 2.75 bits per heavy atom. The fourth-order valence-electron chi connectivity index (χ4n) is 1.81. The zero-order valence-corrected chi connectivity index (χ0v) is 11.3. The Bertz CT molecular complexity index is 351. The van der Waals surface area contributed by atoms with Gasteiger partial charge in [0.25, 0.3) is 0 Å². The first-order valence-corrected chi connectivity index (χ1v) is 7.30. The van der Waals surface area contributed by atoms with Crippen LogP contribution in [0.4, 0.5) is 0 Å². The summed E-state index contributed by atoms with van der Waals surface area (Å²) in [6, 6.07) is 0.559. The largest absolute Gasteiger partial charge is 0.306 e. The number of rotatable bonds is 6. The molecule has 3 unspecified atom stereocenters. The minimum absolute atomic E-state index is 0.260. The van der Waals surface area contributed by atoms with Gasteiger partial charge in [0, 0.05) is 53.7 Å². The molecule has 0 fully saturated rings. The van der Waals surface area contributed by atoms with E-state index in [-0.39, 0.29) is 6.04 Å². The predicted molar refractivity (Wildman–Crippen MR) is 67.8 cm³/mol. The third-order valence-corrected chi connectivity index (χ3v) is 3.48. The van der Waals surface area contributed by atoms with E-state index in [0.717, 1.165) is 6.42 Å². The van der Waals surface area contributed by atoms with Gasteiger partial charge in [-0.3, -0.25) is 8.89 Å². The number of nitrogens with zero attached hydrogens (tertiary/aromatic N) is 2. The quantitative estimate of drug-likeness (QED) is 0.817. The first-order chi connectivity index (χ1) is 7.52. The molecule has 0 amide bonds. The van der Waals surface area contributed by atoms with Crippen LogP contribution >= 0.6 is 0 Å². The Kier molecular flexibility index (Phi) is 5.15. The fraction of sp³-hybridized carbons (Fsp3) is 0.727. The number of nitrogens with one attached hydrogen (secondary N) is 1. The number of aryl methyl sites for hydroxylation is 1. The lowest BCUT2D eigenvalue weighted by Gasteiger charge is -2.20. The van der Waals surface area contributed by atoms with Crippen LogP contribution in [0.2, 0.25) is 0 Å². The van der Waals surface area contributed by atoms with Crippen LogP contribution in [0.25, 0.3) is 0 Å². The highest BCUT2D eigenvalue weighted by atomic mass is 32.2. The van der Waals surface area contributed by atoms with Gasteiger partial charge in [0.15, 0.2) is 0 Å². The van der Waals surface area contributed by atoms with Gasteiger partial charge in [-0.25, -0.2) is 0 Å². The van der Waals surface area contributed by atoms with Crippen molar-refractivity contribution in [3.63, 3.8) is 0 Å². The highest BCUT2D eigenvalue weighted by Crippen LogP contribution is 2.16. The minimum Gasteiger partial charge on any atom is -0.306 e. The molecule has 3 atom stereocenters. The van der Waals surface area contributed by atoms with Crippen LogP contribution in [-0.4, -0.2) is 32.0 Å². The normalized spacial score (nSPS) is 17.0. The lowest BCUT2D eigenvalue weighted by molar-refractivity contribution is 0.468. The summed E-state index contributed by atoms with van der Waals surface area (Å²) in [5.41, 5.74) is 1.19. The van der Waals surface area contributed by atoms with E-state index >= 15 is 0 Å². The Labute approximate surface area is 99.9 Å². The van der Waals surface area contributed by atoms with Gasteiger partial charge in [0.05, 0.1) is 6.20 Å². The predicted octanol–water partition coefficient (Wildman–Crippen LogP) is 1.23. The molecular formula is C11H21N3OS. The highest BCUT2D eigenvalue weighted by Gasteiger charge is 2.14. The van der Waals surface area contributed by atoms with Gasteiger partial charge in [-0.1, -0.05) is 6.92 Å². The molecule has 92 valence electrons. The summed E-state index contributed by atoms with van der Waals surface area (Å²) in [5, 5.41) is 7.65. The SMILES string of the molecule is CCC(NC(C)CS(C)=O)c1cnn(C)c1. The lowest BCUT2D eigenvalue weighted by Crippen LogP contribution is -2.34. The molecule has 1 N–H and O–H groups in total. The molecule has 0 aliphatic heterocycles. The molecule has 1 aromatic heterocycles. The average molecular weight is 243 g/mol. The van der Waals surface area contributed by atoms with E-state index in [0.29, 0.717) is 11.8 Å². The molecule has 0 radical (unpaired) electrons. The zero-order chi connectivity index (χ0) is 12.1. The van der Waals surface area contributed by atoms with Crippen molar-refractivity contribution in [1.82, 2.24) is 15.1 Å². The van der Waals surface area contributed by atoms with Crippen LogP contribution < -0.4 is 5.32 Å². The number of hydrogen-bond donors (Lipinski definition) is 1. The van der Waals surface area contributed by atoms with Crippen molar-refractivity contribution in [2.45, 2.75) is 32.4 Å². The van der Waals surface area contributed by atoms with Gasteiger partial charge in [-0.2, -0.15) is 5.10 Å². The molecule has 0 aliphatic carbocycles. The number of hydrogen-bond acceptors (Lipinski definition) is 3. The summed E-state index contributed by atoms with van der Waals surface area (Å²) in [6.45, 7) is 4.21. The van der Waals surface area contributed by atoms with E-state index in [1.54, 1.807) is 6.26 Å². The van der Waals surface area contributed by atoms with Gasteiger partial charge in [-0.15, -0.1) is 0 Å². The second kappa shape index (κ2) is 6.15. The third kappa shape index (κ3) is 4.06. The second-order valence-electron chi connectivity index (χ2n) is 4.22. The summed E-state index contributed by atoms with van der Waals surface area (Å²) in [6.07, 6.45) is 6.66. The third-order valence-electron chi connectivity index (χ3n) is 2.51. The van der Waals surface area contributed by atoms with Gasteiger partial charge < -0.3 is 5.32 Å². The average Bonchev–Trinajstić information content (AvgIpc) is 2.60. The van der Waals surface area contributed by atoms with Gasteiger partial charge in [0.1, 0.15) is 0 Å². The Balaban J connectivity index is 2.58. The maximum Gasteiger partial charge on any atom is 0.0537 e. The molecule has 1 aromatic rings. The molecule has 0 bridgehead atoms. The van der Waals surface area contributed by atoms with Crippen LogP contribution in [0.3, 0.4) is 0 Å². The van der Waals surface area contributed by atoms with Crippen LogP contribution in [0, 0.1) is 0 Å². The minimum atomic E-state index is -0.749. The second-order valence-corrected chi connectivity index (χ2v) is 5.70. The molecule has 0 aliphatic rings. The first kappa shape index (κ1) is 13.4. The van der Waals surface area contributed by atoms with Crippen molar-refractivity contribution in [2.24, 2.45) is 7.05 Å². The molecule has 5 heteroatoms. The van der Waals surface area contributed by atoms with E-state index in [2.05, 4.69) is 24.3 Å². The maximum atomic E-state index is 11.1. The molecule has 4 nitrogen and oxygen atoms in total. The standard InChI is InChI=1S/C11H21N3OS/c1-5-11(10-6-12-14(3)7-10)13-9(2)8-16(4)15/h6-7,9,11,13H,5,8H2,1-4H3. The van der Waals surface area contributed by atoms with Gasteiger partial charge in [0.2, 0.25) is 0 Å². The molecular weight excluding hydrogens is 222 g/mol. The Morgan fingerprint density at radius 2 is 2.31 bits per heavy atom. The Morgan fingerprint density at radius 1 is 1.62 bits per heavy atom. The molecule has 16 heavy (non-hydrogen) atoms. The van der Waals surface area contributed by atoms with Gasteiger partial charge >= 0.3 is 0 Å². The van der Waals surface area contributed by atoms with Crippen molar-refractivity contribution in [1.29, 1.82) is 0 Å². The fourth-order valence-corrected chi connectivity index (χ4v) is 2.61. The monoisotopic (exact) mass is 243 g/mol. The molecule has 0 saturated heterocycles. The van der Waals surface area contributed by atoms with Crippen molar-refractivity contribution in [3.8, 4) is 0 Å². The van der Waals surface area contributed by atoms with Gasteiger partial charge in [-0.05, 0) is 13.3 Å². The molecule has 1 heterocycles. The van der Waals surface area contributed by atoms with E-state index in [9.17, 15) is 4.21 Å². The van der Waals surface area contributed by atoms with Crippen molar-refractivity contribution in [2.75, 3.05) is 12.0 Å². The summed E-state index contributed by atoms with van der Waals surface area (Å²) >= 11 is 0. The van der Waals surface area contributed by atoms with Crippen LogP contribution in [-0.2, 0) is 17.8 Å². The van der Waals surface area contributed by atoms with E-state index in [4.69, 9.17) is 0 Å². The topological polar surface area (TPSA) is 46.9 Å². The first-order valence-electron chi connectivity index (χ1n) is 5.57. The lowest BCUT2D eigenvalue weighted by atomic mass is 10.1. The van der Waals surface area contributed by atoms with Crippen LogP contribution in [0.15, 0.2) is 12.4 Å². The number of aromatic nitrogens is 2. The summed E-state index contributed by atoms with van der Waals surface area (Å²) < 4.78 is 12.9. The van der Waals surface area contributed by atoms with Crippen LogP contribution in [0.1, 0.15) is 31.9 Å². The molecule has 0 spiro atoms. The summed E-state index contributed by atoms with van der Waals surface area (Å²) in [7, 11) is 1.17. The molecule has 0 aromatic carbocycles. The van der Waals surface area contributed by atoms with E-state index in [1.165, 1.54) is 5.56 Å². The molecule has 1 rings (SSSR count). The summed E-state index contributed by atoms with van der Waals surface area (Å²) in [4.78, 5) is 0. The van der Waals surface area contributed by atoms with E-state index < -0.39 is 10.8 Å². The van der Waals surface area contributed by atoms with Crippen molar-refractivity contribution >= 4 is 10.8 Å². The van der Waals surface area contributed by atoms with Crippen molar-refractivity contribution in [3.05, 3.63) is 18.0 Å². The summed E-state index contributed by atoms with van der Waals surface area (Å²) in [5.74, 6) is 0.691. The Hall–Kier alpha value is -0.680. The van der Waals surface area contributed by atoms with Crippen LogP contribution in [0.5, 0.6) is 0 Å².